The SMILES string of the molecule is CC(C)n1c2cncc(c2)c2ncc3[nH][nH]c(c4nc5cncc(c6ccc1s6)c5n4)-c3c2F. The van der Waals surface area contributed by atoms with Gasteiger partial charge in [-0.1, -0.05) is 0 Å². The van der Waals surface area contributed by atoms with Crippen molar-refractivity contribution in [1.82, 2.24) is 39.7 Å². The Morgan fingerprint density at radius 1 is 0.971 bits per heavy atom. The van der Waals surface area contributed by atoms with Crippen LogP contribution >= 0.6 is 11.3 Å². The van der Waals surface area contributed by atoms with Crippen LogP contribution in [0.2, 0.25) is 0 Å². The van der Waals surface area contributed by atoms with Gasteiger partial charge in [-0.15, -0.1) is 11.3 Å². The molecule has 5 aromatic heterocycles. The first-order valence-electron chi connectivity index (χ1n) is 10.8. The van der Waals surface area contributed by atoms with Crippen LogP contribution in [0.3, 0.4) is 0 Å². The second-order valence-corrected chi connectivity index (χ2v) is 9.53. The van der Waals surface area contributed by atoms with Crippen molar-refractivity contribution >= 4 is 64.9 Å². The number of H-pyrrole nitrogens is 2. The first-order valence-corrected chi connectivity index (χ1v) is 11.6. The molecule has 10 heteroatoms. The van der Waals surface area contributed by atoms with Gasteiger partial charge in [-0.2, -0.15) is 0 Å². The third kappa shape index (κ3) is 2.65. The molecule has 0 amide bonds. The van der Waals surface area contributed by atoms with Crippen LogP contribution in [-0.4, -0.2) is 39.7 Å². The third-order valence-electron chi connectivity index (χ3n) is 6.04. The summed E-state index contributed by atoms with van der Waals surface area (Å²) in [5.74, 6) is -0.458. The molecule has 0 saturated heterocycles. The number of nitrogens with one attached hydrogen (secondary N) is 2. The summed E-state index contributed by atoms with van der Waals surface area (Å²) in [4.78, 5) is 23.7. The summed E-state index contributed by atoms with van der Waals surface area (Å²) in [5, 5.41) is 7.51. The molecule has 2 aliphatic heterocycles. The molecule has 8 bridgehead atoms. The fourth-order valence-electron chi connectivity index (χ4n) is 4.54. The smallest absolute Gasteiger partial charge is 0.179 e. The minimum atomic E-state index is -0.458. The number of pyridine rings is 3. The molecule has 7 heterocycles. The van der Waals surface area contributed by atoms with Crippen molar-refractivity contribution in [2.24, 2.45) is 0 Å². The molecule has 7 rings (SSSR count). The van der Waals surface area contributed by atoms with Crippen molar-refractivity contribution in [2.45, 2.75) is 19.9 Å². The Balaban J connectivity index is 1.79. The minimum Gasteiger partial charge on any atom is -0.329 e. The van der Waals surface area contributed by atoms with E-state index in [0.29, 0.717) is 33.3 Å². The summed E-state index contributed by atoms with van der Waals surface area (Å²) in [6.07, 6.45) is 8.53. The maximum Gasteiger partial charge on any atom is 0.179 e. The van der Waals surface area contributed by atoms with Gasteiger partial charge in [-0.05, 0) is 32.0 Å². The molecule has 34 heavy (non-hydrogen) atoms. The van der Waals surface area contributed by atoms with E-state index >= 15 is 4.39 Å². The van der Waals surface area contributed by atoms with Crippen molar-refractivity contribution in [3.8, 4) is 11.3 Å². The van der Waals surface area contributed by atoms with E-state index in [9.17, 15) is 0 Å². The number of hydrogen-bond donors (Lipinski definition) is 2. The van der Waals surface area contributed by atoms with E-state index in [1.54, 1.807) is 42.3 Å². The normalized spacial score (nSPS) is 12.2. The molecular formula is C24H17FN8S. The number of rotatable bonds is 1. The lowest BCUT2D eigenvalue weighted by atomic mass is 10.1. The molecule has 0 aliphatic carbocycles. The van der Waals surface area contributed by atoms with Gasteiger partial charge in [0.25, 0.3) is 0 Å². The second kappa shape index (κ2) is 6.91. The summed E-state index contributed by atoms with van der Waals surface area (Å²) in [5.41, 5.74) is 4.22. The van der Waals surface area contributed by atoms with Crippen LogP contribution in [0, 0.1) is 5.82 Å². The van der Waals surface area contributed by atoms with Crippen LogP contribution in [-0.2, 0) is 0 Å². The van der Waals surface area contributed by atoms with Crippen molar-refractivity contribution in [3.63, 3.8) is 0 Å². The zero-order valence-corrected chi connectivity index (χ0v) is 19.0. The molecule has 8 nitrogen and oxygen atoms in total. The van der Waals surface area contributed by atoms with E-state index in [-0.39, 0.29) is 11.6 Å². The van der Waals surface area contributed by atoms with Gasteiger partial charge in [0, 0.05) is 33.9 Å². The summed E-state index contributed by atoms with van der Waals surface area (Å²) in [6.45, 7) is 4.23. The number of thiophene rings is 1. The van der Waals surface area contributed by atoms with Crippen molar-refractivity contribution in [2.75, 3.05) is 0 Å². The van der Waals surface area contributed by atoms with Gasteiger partial charge in [-0.3, -0.25) is 25.1 Å². The molecule has 0 atom stereocenters. The molecule has 0 radical (unpaired) electrons. The lowest BCUT2D eigenvalue weighted by Gasteiger charge is -2.12. The monoisotopic (exact) mass is 468 g/mol. The van der Waals surface area contributed by atoms with Crippen LogP contribution in [0.5, 0.6) is 0 Å². The average Bonchev–Trinajstić information content (AvgIpc) is 3.56. The van der Waals surface area contributed by atoms with Gasteiger partial charge >= 0.3 is 0 Å². The second-order valence-electron chi connectivity index (χ2n) is 8.47. The molecule has 0 unspecified atom stereocenters. The lowest BCUT2D eigenvalue weighted by Crippen LogP contribution is -2.01. The Morgan fingerprint density at radius 3 is 2.74 bits per heavy atom. The zero-order chi connectivity index (χ0) is 23.0. The van der Waals surface area contributed by atoms with E-state index in [4.69, 9.17) is 4.98 Å². The third-order valence-corrected chi connectivity index (χ3v) is 7.16. The Bertz CT molecular complexity index is 1920. The van der Waals surface area contributed by atoms with Gasteiger partial charge in [0.05, 0.1) is 40.0 Å². The summed E-state index contributed by atoms with van der Waals surface area (Å²) >= 11 is 1.64. The van der Waals surface area contributed by atoms with Gasteiger partial charge in [0.2, 0.25) is 0 Å². The lowest BCUT2D eigenvalue weighted by molar-refractivity contribution is 0.639. The van der Waals surface area contributed by atoms with Gasteiger partial charge in [0.15, 0.2) is 11.5 Å². The standard InChI is InChI=1S/C24H17FN8S/c1-11(2)33-13-5-12(6-26-7-13)21-20(25)19-15(10-28-21)31-32-23(19)24-29-16-9-27-8-14(22(16)30-24)17-3-4-18(33)34-17/h3-11,31-32H,1-2H3. The predicted octanol–water partition coefficient (Wildman–Crippen LogP) is 5.90. The van der Waals surface area contributed by atoms with Crippen LogP contribution in [0.15, 0.2) is 49.2 Å². The summed E-state index contributed by atoms with van der Waals surface area (Å²) < 4.78 is 19.2. The Morgan fingerprint density at radius 2 is 1.85 bits per heavy atom. The minimum absolute atomic E-state index is 0.143. The highest BCUT2D eigenvalue weighted by molar-refractivity contribution is 7.23. The molecular weight excluding hydrogens is 451 g/mol. The van der Waals surface area contributed by atoms with Crippen LogP contribution in [0.4, 0.5) is 4.39 Å². The van der Waals surface area contributed by atoms with Crippen molar-refractivity contribution in [1.29, 1.82) is 0 Å². The first-order chi connectivity index (χ1) is 16.6. The number of halogens is 1. The average molecular weight is 469 g/mol. The largest absolute Gasteiger partial charge is 0.329 e. The molecule has 2 aliphatic rings. The van der Waals surface area contributed by atoms with E-state index < -0.39 is 5.82 Å². The van der Waals surface area contributed by atoms with E-state index in [0.717, 1.165) is 25.9 Å². The summed E-state index contributed by atoms with van der Waals surface area (Å²) in [7, 11) is 0. The quantitative estimate of drug-likeness (QED) is 0.313. The van der Waals surface area contributed by atoms with E-state index in [1.807, 2.05) is 6.07 Å². The fourth-order valence-corrected chi connectivity index (χ4v) is 5.71. The number of fused-ring (bicyclic) bond motifs is 9. The Hall–Kier alpha value is -4.18. The van der Waals surface area contributed by atoms with E-state index in [2.05, 4.69) is 60.7 Å². The molecule has 0 spiro atoms. The number of imidazole rings is 1. The highest BCUT2D eigenvalue weighted by Crippen LogP contribution is 2.34. The first kappa shape index (κ1) is 19.3. The summed E-state index contributed by atoms with van der Waals surface area (Å²) in [6, 6.07) is 6.23. The van der Waals surface area contributed by atoms with Gasteiger partial charge < -0.3 is 4.57 Å². The van der Waals surface area contributed by atoms with Crippen molar-refractivity contribution in [3.05, 3.63) is 55.0 Å². The van der Waals surface area contributed by atoms with Crippen molar-refractivity contribution < 1.29 is 4.39 Å². The van der Waals surface area contributed by atoms with Gasteiger partial charge in [-0.25, -0.2) is 14.4 Å². The maximum atomic E-state index is 16.0. The number of aromatic nitrogens is 8. The van der Waals surface area contributed by atoms with Gasteiger partial charge in [0.1, 0.15) is 22.2 Å². The fraction of sp³-hybridized carbons (Fsp3) is 0.125. The van der Waals surface area contributed by atoms with Crippen LogP contribution in [0.1, 0.15) is 19.9 Å². The molecule has 0 aromatic carbocycles. The highest BCUT2D eigenvalue weighted by atomic mass is 32.1. The predicted molar refractivity (Wildman–Crippen MR) is 132 cm³/mol. The topological polar surface area (TPSA) is 101 Å². The van der Waals surface area contributed by atoms with Crippen LogP contribution in [0.25, 0.3) is 64.8 Å². The molecule has 2 N–H and O–H groups in total. The Labute approximate surface area is 195 Å². The molecule has 0 saturated carbocycles. The molecule has 0 fully saturated rings. The maximum absolute atomic E-state index is 16.0. The molecule has 166 valence electrons. The number of hydrogen-bond acceptors (Lipinski definition) is 6. The zero-order valence-electron chi connectivity index (χ0n) is 18.2. The molecule has 5 aromatic rings. The highest BCUT2D eigenvalue weighted by Gasteiger charge is 2.20. The number of aromatic amines is 2. The Kier molecular flexibility index (Phi) is 3.92. The van der Waals surface area contributed by atoms with Crippen LogP contribution < -0.4 is 0 Å². The number of nitrogens with zero attached hydrogens (tertiary/aromatic N) is 6. The van der Waals surface area contributed by atoms with E-state index in [1.165, 1.54) is 0 Å².